The number of hydrogen-bond donors (Lipinski definition) is 3. The highest BCUT2D eigenvalue weighted by Gasteiger charge is 2.31. The third-order valence-corrected chi connectivity index (χ3v) is 6.24. The van der Waals surface area contributed by atoms with Crippen LogP contribution in [-0.4, -0.2) is 60.2 Å². The number of nitrogens with one attached hydrogen (secondary N) is 2. The van der Waals surface area contributed by atoms with Crippen molar-refractivity contribution in [3.05, 3.63) is 59.7 Å². The fraction of sp³-hybridized carbons (Fsp3) is 0.375. The van der Waals surface area contributed by atoms with Crippen LogP contribution in [0.4, 0.5) is 13.6 Å². The molecule has 0 aromatic heterocycles. The highest BCUT2D eigenvalue weighted by atomic mass is 32.2. The second-order valence-corrected chi connectivity index (χ2v) is 8.82. The van der Waals surface area contributed by atoms with Crippen LogP contribution in [-0.2, 0) is 14.3 Å². The first kappa shape index (κ1) is 25.5. The van der Waals surface area contributed by atoms with Crippen LogP contribution in [0.5, 0.6) is 0 Å². The number of rotatable bonds is 11. The molecular formula is C24H26F2N2O5S. The maximum Gasteiger partial charge on any atom is 0.407 e. The average Bonchev–Trinajstić information content (AvgIpc) is 3.13. The Morgan fingerprint density at radius 2 is 1.59 bits per heavy atom. The predicted molar refractivity (Wildman–Crippen MR) is 125 cm³/mol. The minimum absolute atomic E-state index is 0.0473. The summed E-state index contributed by atoms with van der Waals surface area (Å²) in [5, 5.41) is 13.7. The van der Waals surface area contributed by atoms with Crippen LogP contribution in [0.2, 0.25) is 0 Å². The maximum absolute atomic E-state index is 13.1. The van der Waals surface area contributed by atoms with Crippen molar-refractivity contribution in [1.29, 1.82) is 0 Å². The lowest BCUT2D eigenvalue weighted by Gasteiger charge is -2.21. The number of ether oxygens (including phenoxy) is 1. The summed E-state index contributed by atoms with van der Waals surface area (Å²) in [5.41, 5.74) is 4.03. The number of fused-ring (bicyclic) bond motifs is 3. The van der Waals surface area contributed by atoms with Crippen molar-refractivity contribution < 1.29 is 33.0 Å². The Balaban J connectivity index is 1.65. The van der Waals surface area contributed by atoms with E-state index in [2.05, 4.69) is 10.6 Å². The maximum atomic E-state index is 13.1. The molecule has 7 nitrogen and oxygen atoms in total. The SMILES string of the molecule is CSCC[C@@H](NC(=O)C(CC(F)F)NC(=O)OCC1c2ccccc2-c2ccccc21)C(=O)O. The van der Waals surface area contributed by atoms with Gasteiger partial charge in [-0.15, -0.1) is 0 Å². The molecule has 1 aliphatic carbocycles. The summed E-state index contributed by atoms with van der Waals surface area (Å²) >= 11 is 1.39. The molecule has 2 aromatic carbocycles. The summed E-state index contributed by atoms with van der Waals surface area (Å²) in [6, 6.07) is 12.6. The Kier molecular flexibility index (Phi) is 8.86. The zero-order valence-corrected chi connectivity index (χ0v) is 19.3. The Bertz CT molecular complexity index is 990. The lowest BCUT2D eigenvalue weighted by Crippen LogP contribution is -2.52. The van der Waals surface area contributed by atoms with E-state index in [9.17, 15) is 28.3 Å². The standard InChI is InChI=1S/C24H26F2N2O5S/c1-34-11-10-19(23(30)31)27-22(29)20(12-21(25)26)28-24(32)33-13-18-16-8-4-2-6-14(16)15-7-3-5-9-17(15)18/h2-9,18-21H,10-13H2,1H3,(H,27,29)(H,28,32)(H,30,31)/t19-,20?/m1/s1. The summed E-state index contributed by atoms with van der Waals surface area (Å²) in [4.78, 5) is 36.3. The summed E-state index contributed by atoms with van der Waals surface area (Å²) in [7, 11) is 0. The molecule has 1 unspecified atom stereocenters. The number of benzene rings is 2. The molecule has 0 aliphatic heterocycles. The quantitative estimate of drug-likeness (QED) is 0.440. The van der Waals surface area contributed by atoms with Gasteiger partial charge in [-0.05, 0) is 40.7 Å². The third kappa shape index (κ3) is 6.25. The Morgan fingerprint density at radius 1 is 1.00 bits per heavy atom. The number of carboxylic acids is 1. The molecule has 0 saturated heterocycles. The summed E-state index contributed by atoms with van der Waals surface area (Å²) in [5.74, 6) is -2.05. The first-order valence-corrected chi connectivity index (χ1v) is 12.1. The normalized spacial score (nSPS) is 14.1. The van der Waals surface area contributed by atoms with Crippen molar-refractivity contribution in [3.63, 3.8) is 0 Å². The van der Waals surface area contributed by atoms with Crippen molar-refractivity contribution in [3.8, 4) is 11.1 Å². The van der Waals surface area contributed by atoms with E-state index in [1.807, 2.05) is 48.5 Å². The van der Waals surface area contributed by atoms with Crippen LogP contribution < -0.4 is 10.6 Å². The number of hydrogen-bond acceptors (Lipinski definition) is 5. The molecular weight excluding hydrogens is 466 g/mol. The van der Waals surface area contributed by atoms with Crippen molar-refractivity contribution in [2.45, 2.75) is 37.3 Å². The minimum Gasteiger partial charge on any atom is -0.480 e. The Labute approximate surface area is 200 Å². The number of amides is 2. The van der Waals surface area contributed by atoms with Crippen LogP contribution in [0.15, 0.2) is 48.5 Å². The molecule has 3 rings (SSSR count). The topological polar surface area (TPSA) is 105 Å². The van der Waals surface area contributed by atoms with Gasteiger partial charge in [0.2, 0.25) is 12.3 Å². The first-order chi connectivity index (χ1) is 16.3. The molecule has 0 bridgehead atoms. The lowest BCUT2D eigenvalue weighted by atomic mass is 9.98. The number of thioether (sulfide) groups is 1. The first-order valence-electron chi connectivity index (χ1n) is 10.7. The smallest absolute Gasteiger partial charge is 0.407 e. The molecule has 2 atom stereocenters. The van der Waals surface area contributed by atoms with Gasteiger partial charge in [0.1, 0.15) is 18.7 Å². The molecule has 0 fully saturated rings. The van der Waals surface area contributed by atoms with Crippen LogP contribution >= 0.6 is 11.8 Å². The number of carbonyl (C=O) groups is 3. The zero-order chi connectivity index (χ0) is 24.7. The van der Waals surface area contributed by atoms with Crippen molar-refractivity contribution in [2.75, 3.05) is 18.6 Å². The molecule has 2 amide bonds. The molecule has 2 aromatic rings. The van der Waals surface area contributed by atoms with Gasteiger partial charge < -0.3 is 20.5 Å². The fourth-order valence-corrected chi connectivity index (χ4v) is 4.43. The van der Waals surface area contributed by atoms with Crippen LogP contribution in [0.25, 0.3) is 11.1 Å². The molecule has 0 heterocycles. The second kappa shape index (κ2) is 11.8. The van der Waals surface area contributed by atoms with Crippen LogP contribution in [0.3, 0.4) is 0 Å². The number of aliphatic carboxylic acids is 1. The number of carbonyl (C=O) groups excluding carboxylic acids is 2. The number of alkyl carbamates (subject to hydrolysis) is 1. The molecule has 34 heavy (non-hydrogen) atoms. The van der Waals surface area contributed by atoms with E-state index in [4.69, 9.17) is 4.74 Å². The van der Waals surface area contributed by atoms with Crippen molar-refractivity contribution in [2.24, 2.45) is 0 Å². The molecule has 0 spiro atoms. The molecule has 10 heteroatoms. The summed E-state index contributed by atoms with van der Waals surface area (Å²) < 4.78 is 31.5. The van der Waals surface area contributed by atoms with Gasteiger partial charge >= 0.3 is 12.1 Å². The lowest BCUT2D eigenvalue weighted by molar-refractivity contribution is -0.142. The number of halogens is 2. The largest absolute Gasteiger partial charge is 0.480 e. The van der Waals surface area contributed by atoms with E-state index >= 15 is 0 Å². The van der Waals surface area contributed by atoms with Gasteiger partial charge in [0.05, 0.1) is 0 Å². The van der Waals surface area contributed by atoms with E-state index < -0.39 is 42.9 Å². The zero-order valence-electron chi connectivity index (χ0n) is 18.5. The number of carboxylic acid groups (broad SMARTS) is 1. The van der Waals surface area contributed by atoms with E-state index in [-0.39, 0.29) is 18.9 Å². The molecule has 182 valence electrons. The Morgan fingerprint density at radius 3 is 2.12 bits per heavy atom. The third-order valence-electron chi connectivity index (χ3n) is 5.59. The van der Waals surface area contributed by atoms with Gasteiger partial charge in [0.25, 0.3) is 0 Å². The summed E-state index contributed by atoms with van der Waals surface area (Å²) in [6.07, 6.45) is -2.99. The van der Waals surface area contributed by atoms with Gasteiger partial charge in [0.15, 0.2) is 0 Å². The van der Waals surface area contributed by atoms with Gasteiger partial charge in [-0.1, -0.05) is 48.5 Å². The van der Waals surface area contributed by atoms with Crippen molar-refractivity contribution in [1.82, 2.24) is 10.6 Å². The van der Waals surface area contributed by atoms with Crippen molar-refractivity contribution >= 4 is 29.7 Å². The minimum atomic E-state index is -2.89. The average molecular weight is 493 g/mol. The van der Waals surface area contributed by atoms with Gasteiger partial charge in [-0.3, -0.25) is 4.79 Å². The molecule has 3 N–H and O–H groups in total. The highest BCUT2D eigenvalue weighted by Crippen LogP contribution is 2.44. The van der Waals surface area contributed by atoms with E-state index in [0.717, 1.165) is 22.3 Å². The highest BCUT2D eigenvalue weighted by molar-refractivity contribution is 7.98. The monoisotopic (exact) mass is 492 g/mol. The van der Waals surface area contributed by atoms with Gasteiger partial charge in [-0.25, -0.2) is 18.4 Å². The van der Waals surface area contributed by atoms with E-state index in [1.54, 1.807) is 6.26 Å². The number of alkyl halides is 2. The Hall–Kier alpha value is -3.14. The summed E-state index contributed by atoms with van der Waals surface area (Å²) in [6.45, 7) is -0.0473. The molecule has 0 radical (unpaired) electrons. The van der Waals surface area contributed by atoms with Gasteiger partial charge in [-0.2, -0.15) is 11.8 Å². The second-order valence-electron chi connectivity index (χ2n) is 7.83. The van der Waals surface area contributed by atoms with Crippen LogP contribution in [0.1, 0.15) is 29.9 Å². The molecule has 1 aliphatic rings. The van der Waals surface area contributed by atoms with E-state index in [1.165, 1.54) is 11.8 Å². The predicted octanol–water partition coefficient (Wildman–Crippen LogP) is 3.87. The molecule has 0 saturated carbocycles. The van der Waals surface area contributed by atoms with E-state index in [0.29, 0.717) is 5.75 Å². The van der Waals surface area contributed by atoms with Crippen LogP contribution in [0, 0.1) is 0 Å². The fourth-order valence-electron chi connectivity index (χ4n) is 3.96. The van der Waals surface area contributed by atoms with Gasteiger partial charge in [0, 0.05) is 12.3 Å².